The maximum Gasteiger partial charge on any atom is 0.276 e. The second kappa shape index (κ2) is 5.93. The fourth-order valence-corrected chi connectivity index (χ4v) is 3.38. The second-order valence-electron chi connectivity index (χ2n) is 5.18. The van der Waals surface area contributed by atoms with Gasteiger partial charge in [-0.15, -0.1) is 10.2 Å². The molecule has 2 aromatic rings. The van der Waals surface area contributed by atoms with Gasteiger partial charge in [0.05, 0.1) is 17.1 Å². The molecule has 0 atom stereocenters. The summed E-state index contributed by atoms with van der Waals surface area (Å²) in [6, 6.07) is 16.6. The summed E-state index contributed by atoms with van der Waals surface area (Å²) in [5.74, 6) is -0.0379. The minimum atomic E-state index is -0.291. The highest BCUT2D eigenvalue weighted by atomic mass is 32.2. The van der Waals surface area contributed by atoms with Gasteiger partial charge in [-0.1, -0.05) is 48.2 Å². The van der Waals surface area contributed by atoms with Gasteiger partial charge in [-0.2, -0.15) is 0 Å². The lowest BCUT2D eigenvalue weighted by atomic mass is 10.1. The third-order valence-corrected chi connectivity index (χ3v) is 4.57. The van der Waals surface area contributed by atoms with Crippen LogP contribution in [0.4, 0.5) is 11.4 Å². The number of benzene rings is 2. The van der Waals surface area contributed by atoms with Gasteiger partial charge >= 0.3 is 0 Å². The number of para-hydroxylation sites is 2. The van der Waals surface area contributed by atoms with E-state index >= 15 is 0 Å². The van der Waals surface area contributed by atoms with Crippen LogP contribution in [0.5, 0.6) is 0 Å². The topological polar surface area (TPSA) is 74.1 Å². The fraction of sp³-hybridized carbons (Fsp3) is 0.0588. The highest BCUT2D eigenvalue weighted by Crippen LogP contribution is 2.27. The van der Waals surface area contributed by atoms with Gasteiger partial charge in [0.1, 0.15) is 0 Å². The molecule has 0 saturated carbocycles. The van der Waals surface area contributed by atoms with Crippen LogP contribution in [0.15, 0.2) is 64.8 Å². The van der Waals surface area contributed by atoms with Gasteiger partial charge in [-0.05, 0) is 18.2 Å². The Labute approximate surface area is 142 Å². The summed E-state index contributed by atoms with van der Waals surface area (Å²) >= 11 is 1.31. The summed E-state index contributed by atoms with van der Waals surface area (Å²) in [6.07, 6.45) is 0. The van der Waals surface area contributed by atoms with Crippen molar-refractivity contribution in [3.05, 3.63) is 60.2 Å². The molecule has 2 aliphatic rings. The standard InChI is InChI=1S/C17H12N4O2S/c22-14-10-24-17(21(14)11-6-2-1-3-7-11)20-19-15-12-8-4-5-9-13(12)18-16(15)23/h1-9H,10H2,(H,18,19,23)/b20-17+. The number of nitrogens with one attached hydrogen (secondary N) is 1. The van der Waals surface area contributed by atoms with Crippen molar-refractivity contribution in [2.75, 3.05) is 16.0 Å². The molecule has 4 rings (SSSR count). The Morgan fingerprint density at radius 2 is 1.71 bits per heavy atom. The fourth-order valence-electron chi connectivity index (χ4n) is 2.56. The number of amides is 2. The average molecular weight is 336 g/mol. The molecular formula is C17H12N4O2S. The molecule has 0 radical (unpaired) electrons. The Morgan fingerprint density at radius 3 is 2.54 bits per heavy atom. The monoisotopic (exact) mass is 336 g/mol. The van der Waals surface area contributed by atoms with E-state index in [4.69, 9.17) is 0 Å². The quantitative estimate of drug-likeness (QED) is 0.856. The molecule has 6 nitrogen and oxygen atoms in total. The largest absolute Gasteiger partial charge is 0.320 e. The van der Waals surface area contributed by atoms with Crippen molar-refractivity contribution >= 4 is 45.8 Å². The van der Waals surface area contributed by atoms with Gasteiger partial charge < -0.3 is 5.32 Å². The number of thioether (sulfide) groups is 1. The SMILES string of the molecule is O=C1Nc2ccccc2/C1=N/N=C1/SCC(=O)N1c1ccccc1. The second-order valence-corrected chi connectivity index (χ2v) is 6.13. The number of anilines is 2. The van der Waals surface area contributed by atoms with Crippen LogP contribution < -0.4 is 10.2 Å². The van der Waals surface area contributed by atoms with Crippen molar-refractivity contribution in [2.24, 2.45) is 10.2 Å². The molecule has 0 spiro atoms. The van der Waals surface area contributed by atoms with E-state index in [-0.39, 0.29) is 17.5 Å². The number of carbonyl (C=O) groups excluding carboxylic acids is 2. The minimum Gasteiger partial charge on any atom is -0.320 e. The third-order valence-electron chi connectivity index (χ3n) is 3.66. The normalized spacial score (nSPS) is 19.9. The van der Waals surface area contributed by atoms with Gasteiger partial charge in [0, 0.05) is 5.56 Å². The lowest BCUT2D eigenvalue weighted by molar-refractivity contribution is -0.115. The zero-order valence-corrected chi connectivity index (χ0v) is 13.3. The summed E-state index contributed by atoms with van der Waals surface area (Å²) in [4.78, 5) is 25.7. The van der Waals surface area contributed by atoms with Crippen molar-refractivity contribution in [1.82, 2.24) is 0 Å². The van der Waals surface area contributed by atoms with Crippen LogP contribution in [-0.2, 0) is 9.59 Å². The van der Waals surface area contributed by atoms with Crippen molar-refractivity contribution in [1.29, 1.82) is 0 Å². The van der Waals surface area contributed by atoms with Crippen LogP contribution in [0.1, 0.15) is 5.56 Å². The Bertz CT molecular complexity index is 892. The van der Waals surface area contributed by atoms with E-state index < -0.39 is 0 Å². The zero-order valence-electron chi connectivity index (χ0n) is 12.5. The number of nitrogens with zero attached hydrogens (tertiary/aromatic N) is 3. The lowest BCUT2D eigenvalue weighted by Crippen LogP contribution is -2.29. The van der Waals surface area contributed by atoms with Crippen molar-refractivity contribution < 1.29 is 9.59 Å². The number of amidine groups is 1. The smallest absolute Gasteiger partial charge is 0.276 e. The van der Waals surface area contributed by atoms with Gasteiger partial charge in [-0.3, -0.25) is 14.5 Å². The van der Waals surface area contributed by atoms with Crippen LogP contribution in [-0.4, -0.2) is 28.4 Å². The molecule has 0 unspecified atom stereocenters. The molecule has 2 aromatic carbocycles. The van der Waals surface area contributed by atoms with Crippen molar-refractivity contribution in [3.63, 3.8) is 0 Å². The summed E-state index contributed by atoms with van der Waals surface area (Å²) in [5.41, 5.74) is 2.43. The Morgan fingerprint density at radius 1 is 0.958 bits per heavy atom. The summed E-state index contributed by atoms with van der Waals surface area (Å²) in [7, 11) is 0. The molecule has 1 saturated heterocycles. The molecule has 1 N–H and O–H groups in total. The maximum absolute atomic E-state index is 12.1. The van der Waals surface area contributed by atoms with Crippen molar-refractivity contribution in [3.8, 4) is 0 Å². The molecule has 0 aliphatic carbocycles. The lowest BCUT2D eigenvalue weighted by Gasteiger charge is -2.14. The van der Waals surface area contributed by atoms with Crippen LogP contribution >= 0.6 is 11.8 Å². The van der Waals surface area contributed by atoms with E-state index in [1.165, 1.54) is 16.7 Å². The molecule has 0 aromatic heterocycles. The van der Waals surface area contributed by atoms with Crippen LogP contribution in [0.3, 0.4) is 0 Å². The predicted octanol–water partition coefficient (Wildman–Crippen LogP) is 2.48. The zero-order chi connectivity index (χ0) is 16.5. The first-order chi connectivity index (χ1) is 11.7. The van der Waals surface area contributed by atoms with E-state index in [1.54, 1.807) is 0 Å². The van der Waals surface area contributed by atoms with Crippen LogP contribution in [0.2, 0.25) is 0 Å². The Hall–Kier alpha value is -2.93. The van der Waals surface area contributed by atoms with E-state index in [1.807, 2.05) is 54.6 Å². The third kappa shape index (κ3) is 2.48. The number of hydrogen-bond acceptors (Lipinski definition) is 5. The number of fused-ring (bicyclic) bond motifs is 1. The first-order valence-corrected chi connectivity index (χ1v) is 8.30. The van der Waals surface area contributed by atoms with E-state index in [9.17, 15) is 9.59 Å². The molecule has 2 amide bonds. The first-order valence-electron chi connectivity index (χ1n) is 7.31. The molecule has 2 aliphatic heterocycles. The number of hydrogen-bond donors (Lipinski definition) is 1. The summed E-state index contributed by atoms with van der Waals surface area (Å²) in [5, 5.41) is 11.5. The molecule has 118 valence electrons. The van der Waals surface area contributed by atoms with Gasteiger partial charge in [0.2, 0.25) is 5.91 Å². The van der Waals surface area contributed by atoms with Gasteiger partial charge in [0.25, 0.3) is 5.91 Å². The van der Waals surface area contributed by atoms with Gasteiger partial charge in [-0.25, -0.2) is 0 Å². The molecule has 24 heavy (non-hydrogen) atoms. The van der Waals surface area contributed by atoms with Crippen LogP contribution in [0.25, 0.3) is 0 Å². The van der Waals surface area contributed by atoms with E-state index in [2.05, 4.69) is 15.5 Å². The van der Waals surface area contributed by atoms with Crippen LogP contribution in [0, 0.1) is 0 Å². The first kappa shape index (κ1) is 14.6. The highest BCUT2D eigenvalue weighted by molar-refractivity contribution is 8.15. The maximum atomic E-state index is 12.1. The highest BCUT2D eigenvalue weighted by Gasteiger charge is 2.30. The summed E-state index contributed by atoms with van der Waals surface area (Å²) < 4.78 is 0. The molecule has 7 heteroatoms. The van der Waals surface area contributed by atoms with E-state index in [0.29, 0.717) is 16.5 Å². The Balaban J connectivity index is 1.71. The molecule has 1 fully saturated rings. The average Bonchev–Trinajstić information content (AvgIpc) is 3.13. The predicted molar refractivity (Wildman–Crippen MR) is 95.4 cm³/mol. The molecular weight excluding hydrogens is 324 g/mol. The Kier molecular flexibility index (Phi) is 3.62. The molecule has 0 bridgehead atoms. The minimum absolute atomic E-state index is 0.0542. The number of carbonyl (C=O) groups is 2. The van der Waals surface area contributed by atoms with Gasteiger partial charge in [0.15, 0.2) is 10.9 Å². The molecule has 2 heterocycles. The van der Waals surface area contributed by atoms with E-state index in [0.717, 1.165) is 11.4 Å². The summed E-state index contributed by atoms with van der Waals surface area (Å²) in [6.45, 7) is 0. The number of rotatable bonds is 2. The van der Waals surface area contributed by atoms with Crippen molar-refractivity contribution in [2.45, 2.75) is 0 Å².